The third-order valence-electron chi connectivity index (χ3n) is 5.51. The fraction of sp³-hybridized carbons (Fsp3) is 0.571. The van der Waals surface area contributed by atoms with Gasteiger partial charge in [-0.25, -0.2) is 4.98 Å². The number of fused-ring (bicyclic) bond motifs is 1. The van der Waals surface area contributed by atoms with Gasteiger partial charge in [0.05, 0.1) is 24.8 Å². The van der Waals surface area contributed by atoms with E-state index in [0.717, 1.165) is 74.5 Å². The highest BCUT2D eigenvalue weighted by molar-refractivity contribution is 5.85. The monoisotopic (exact) mass is 400 g/mol. The molecule has 1 aromatic heterocycles. The molecule has 0 atom stereocenters. The van der Waals surface area contributed by atoms with Crippen molar-refractivity contribution in [2.24, 2.45) is 0 Å². The standard InChI is InChI=1S/C21H28N4O4/c1-27-14-20(26)24-15-2-4-17(5-3-15)29-19-13-16(25-8-10-28-11-9-25)12-18-21(19)23-7-6-22-18/h6-7,12-13,15,17H,2-5,8-11,14H2,1H3,(H,24,26). The molecular formula is C21H28N4O4. The molecule has 1 saturated heterocycles. The van der Waals surface area contributed by atoms with Crippen LogP contribution < -0.4 is 15.0 Å². The lowest BCUT2D eigenvalue weighted by Gasteiger charge is -2.31. The first-order chi connectivity index (χ1) is 14.2. The highest BCUT2D eigenvalue weighted by atomic mass is 16.5. The number of carbonyl (C=O) groups excluding carboxylic acids is 1. The summed E-state index contributed by atoms with van der Waals surface area (Å²) >= 11 is 0. The summed E-state index contributed by atoms with van der Waals surface area (Å²) in [6.45, 7) is 3.28. The van der Waals surface area contributed by atoms with Gasteiger partial charge in [-0.15, -0.1) is 0 Å². The van der Waals surface area contributed by atoms with Gasteiger partial charge in [-0.3, -0.25) is 9.78 Å². The van der Waals surface area contributed by atoms with Crippen molar-refractivity contribution in [3.8, 4) is 5.75 Å². The Kier molecular flexibility index (Phi) is 6.41. The van der Waals surface area contributed by atoms with Crippen LogP contribution in [0.25, 0.3) is 11.0 Å². The molecule has 1 aliphatic heterocycles. The molecule has 8 heteroatoms. The number of hydrogen-bond acceptors (Lipinski definition) is 7. The number of ether oxygens (including phenoxy) is 3. The predicted molar refractivity (Wildman–Crippen MR) is 109 cm³/mol. The number of hydrogen-bond donors (Lipinski definition) is 1. The Morgan fingerprint density at radius 1 is 1.17 bits per heavy atom. The number of benzene rings is 1. The van der Waals surface area contributed by atoms with Crippen LogP contribution in [0.3, 0.4) is 0 Å². The Bertz CT molecular complexity index is 833. The van der Waals surface area contributed by atoms with Crippen LogP contribution in [0.2, 0.25) is 0 Å². The van der Waals surface area contributed by atoms with Crippen LogP contribution >= 0.6 is 0 Å². The molecule has 2 aliphatic rings. The number of rotatable bonds is 6. The largest absolute Gasteiger partial charge is 0.488 e. The second-order valence-electron chi connectivity index (χ2n) is 7.56. The van der Waals surface area contributed by atoms with E-state index < -0.39 is 0 Å². The highest BCUT2D eigenvalue weighted by Gasteiger charge is 2.25. The second kappa shape index (κ2) is 9.37. The maximum atomic E-state index is 11.7. The van der Waals surface area contributed by atoms with Gasteiger partial charge in [0.1, 0.15) is 17.9 Å². The van der Waals surface area contributed by atoms with Gasteiger partial charge in [0.25, 0.3) is 0 Å². The van der Waals surface area contributed by atoms with Crippen LogP contribution in [0, 0.1) is 0 Å². The highest BCUT2D eigenvalue weighted by Crippen LogP contribution is 2.32. The Balaban J connectivity index is 1.45. The van der Waals surface area contributed by atoms with E-state index in [4.69, 9.17) is 14.2 Å². The van der Waals surface area contributed by atoms with Gasteiger partial charge >= 0.3 is 0 Å². The molecule has 2 aromatic rings. The average Bonchev–Trinajstić information content (AvgIpc) is 2.76. The van der Waals surface area contributed by atoms with E-state index in [1.54, 1.807) is 12.4 Å². The second-order valence-corrected chi connectivity index (χ2v) is 7.56. The Labute approximate surface area is 170 Å². The molecule has 4 rings (SSSR count). The molecule has 1 saturated carbocycles. The van der Waals surface area contributed by atoms with E-state index >= 15 is 0 Å². The lowest BCUT2D eigenvalue weighted by atomic mass is 9.93. The molecule has 1 N–H and O–H groups in total. The summed E-state index contributed by atoms with van der Waals surface area (Å²) in [6.07, 6.45) is 7.09. The average molecular weight is 400 g/mol. The summed E-state index contributed by atoms with van der Waals surface area (Å²) in [5.74, 6) is 0.723. The van der Waals surface area contributed by atoms with E-state index in [1.807, 2.05) is 0 Å². The van der Waals surface area contributed by atoms with Gasteiger partial charge in [0.15, 0.2) is 0 Å². The fourth-order valence-electron chi connectivity index (χ4n) is 4.03. The molecule has 1 amide bonds. The molecule has 1 aliphatic carbocycles. The van der Waals surface area contributed by atoms with Crippen LogP contribution in [0.1, 0.15) is 25.7 Å². The molecule has 0 unspecified atom stereocenters. The van der Waals surface area contributed by atoms with Crippen molar-refractivity contribution < 1.29 is 19.0 Å². The van der Waals surface area contributed by atoms with Gasteiger partial charge in [0, 0.05) is 50.4 Å². The molecule has 1 aromatic carbocycles. The number of methoxy groups -OCH3 is 1. The molecule has 2 heterocycles. The van der Waals surface area contributed by atoms with Crippen LogP contribution in [0.15, 0.2) is 24.5 Å². The van der Waals surface area contributed by atoms with E-state index in [0.29, 0.717) is 0 Å². The molecule has 8 nitrogen and oxygen atoms in total. The summed E-state index contributed by atoms with van der Waals surface area (Å²) in [4.78, 5) is 23.0. The Morgan fingerprint density at radius 2 is 1.93 bits per heavy atom. The first-order valence-electron chi connectivity index (χ1n) is 10.3. The van der Waals surface area contributed by atoms with E-state index in [-0.39, 0.29) is 24.7 Å². The lowest BCUT2D eigenvalue weighted by Crippen LogP contribution is -2.41. The minimum Gasteiger partial charge on any atom is -0.488 e. The van der Waals surface area contributed by atoms with E-state index in [2.05, 4.69) is 32.3 Å². The van der Waals surface area contributed by atoms with Gasteiger partial charge in [0.2, 0.25) is 5.91 Å². The van der Waals surface area contributed by atoms with Crippen molar-refractivity contribution in [3.63, 3.8) is 0 Å². The van der Waals surface area contributed by atoms with Crippen molar-refractivity contribution in [3.05, 3.63) is 24.5 Å². The Hall–Kier alpha value is -2.45. The topological polar surface area (TPSA) is 85.8 Å². The van der Waals surface area contributed by atoms with Crippen LogP contribution in [-0.4, -0.2) is 68.0 Å². The zero-order valence-electron chi connectivity index (χ0n) is 16.8. The van der Waals surface area contributed by atoms with Gasteiger partial charge < -0.3 is 24.4 Å². The van der Waals surface area contributed by atoms with Crippen LogP contribution in [-0.2, 0) is 14.3 Å². The number of carbonyl (C=O) groups is 1. The van der Waals surface area contributed by atoms with Gasteiger partial charge in [-0.1, -0.05) is 0 Å². The smallest absolute Gasteiger partial charge is 0.246 e. The first-order valence-corrected chi connectivity index (χ1v) is 10.3. The van der Waals surface area contributed by atoms with Gasteiger partial charge in [-0.2, -0.15) is 0 Å². The number of aromatic nitrogens is 2. The maximum Gasteiger partial charge on any atom is 0.246 e. The number of nitrogens with one attached hydrogen (secondary N) is 1. The molecule has 156 valence electrons. The van der Waals surface area contributed by atoms with Crippen LogP contribution in [0.5, 0.6) is 5.75 Å². The lowest BCUT2D eigenvalue weighted by molar-refractivity contribution is -0.125. The van der Waals surface area contributed by atoms with Crippen molar-refractivity contribution in [2.75, 3.05) is 44.9 Å². The number of nitrogens with zero attached hydrogens (tertiary/aromatic N) is 3. The number of amides is 1. The summed E-state index contributed by atoms with van der Waals surface area (Å²) in [5, 5.41) is 3.03. The SMILES string of the molecule is COCC(=O)NC1CCC(Oc2cc(N3CCOCC3)cc3nccnc23)CC1. The molecule has 0 bridgehead atoms. The molecule has 0 spiro atoms. The minimum atomic E-state index is -0.0589. The van der Waals surface area contributed by atoms with Crippen molar-refractivity contribution in [1.29, 1.82) is 0 Å². The third kappa shape index (κ3) is 4.94. The normalized spacial score (nSPS) is 22.4. The number of anilines is 1. The fourth-order valence-corrected chi connectivity index (χ4v) is 4.03. The van der Waals surface area contributed by atoms with Crippen LogP contribution in [0.4, 0.5) is 5.69 Å². The Morgan fingerprint density at radius 3 is 2.69 bits per heavy atom. The number of morpholine rings is 1. The predicted octanol–water partition coefficient (Wildman–Crippen LogP) is 1.92. The maximum absolute atomic E-state index is 11.7. The minimum absolute atomic E-state index is 0.0589. The summed E-state index contributed by atoms with van der Waals surface area (Å²) in [5.41, 5.74) is 2.73. The summed E-state index contributed by atoms with van der Waals surface area (Å²) in [7, 11) is 1.53. The van der Waals surface area contributed by atoms with Crippen molar-refractivity contribution in [2.45, 2.75) is 37.8 Å². The molecule has 2 fully saturated rings. The first kappa shape index (κ1) is 19.8. The summed E-state index contributed by atoms with van der Waals surface area (Å²) in [6, 6.07) is 4.34. The van der Waals surface area contributed by atoms with Crippen molar-refractivity contribution >= 4 is 22.6 Å². The van der Waals surface area contributed by atoms with E-state index in [1.165, 1.54) is 7.11 Å². The zero-order valence-corrected chi connectivity index (χ0v) is 16.8. The van der Waals surface area contributed by atoms with Gasteiger partial charge in [-0.05, 0) is 31.7 Å². The molecular weight excluding hydrogens is 372 g/mol. The quantitative estimate of drug-likeness (QED) is 0.793. The molecule has 0 radical (unpaired) electrons. The van der Waals surface area contributed by atoms with E-state index in [9.17, 15) is 4.79 Å². The van der Waals surface area contributed by atoms with Crippen molar-refractivity contribution in [1.82, 2.24) is 15.3 Å². The zero-order chi connectivity index (χ0) is 20.1. The third-order valence-corrected chi connectivity index (χ3v) is 5.51. The summed E-state index contributed by atoms with van der Waals surface area (Å²) < 4.78 is 16.8. The molecule has 29 heavy (non-hydrogen) atoms.